The number of nitrogens with zero attached hydrogens (tertiary/aromatic N) is 3. The lowest BCUT2D eigenvalue weighted by Crippen LogP contribution is -2.55. The van der Waals surface area contributed by atoms with E-state index in [9.17, 15) is 9.59 Å². The molecule has 1 aliphatic carbocycles. The van der Waals surface area contributed by atoms with Crippen LogP contribution in [0.1, 0.15) is 74.4 Å². The molecule has 3 aliphatic rings. The number of hydrogen-bond acceptors (Lipinski definition) is 6. The third-order valence-corrected chi connectivity index (χ3v) is 8.46. The van der Waals surface area contributed by atoms with Crippen molar-refractivity contribution in [2.24, 2.45) is 0 Å². The number of nitrogens with one attached hydrogen (secondary N) is 1. The lowest BCUT2D eigenvalue weighted by atomic mass is 9.97. The number of pyridine rings is 1. The molecular formula is C33H40N4O4. The number of carbonyl (C=O) groups is 2. The second kappa shape index (κ2) is 10.5. The molecule has 1 saturated carbocycles. The standard InChI is InChI=1S/C33H40N4O4/c1-22-9-10-25(40-21-23-11-17-37(23)31(39)41-32(2,3)4)20-27(22)30(38)35-33(12-13-33)28-18-24(36-15-5-6-16-36)19-29-26(28)8-7-14-34-29/h7-10,14,18-20,23H,5-6,11-13,15-17,21H2,1-4H3,(H,35,38)/t23-/m0/s1. The van der Waals surface area contributed by atoms with Crippen molar-refractivity contribution in [1.82, 2.24) is 15.2 Å². The first-order valence-electron chi connectivity index (χ1n) is 14.8. The molecule has 0 radical (unpaired) electrons. The second-order valence-corrected chi connectivity index (χ2v) is 12.7. The van der Waals surface area contributed by atoms with Gasteiger partial charge in [-0.25, -0.2) is 4.79 Å². The maximum absolute atomic E-state index is 13.7. The second-order valence-electron chi connectivity index (χ2n) is 12.7. The van der Waals surface area contributed by atoms with E-state index in [2.05, 4.69) is 33.4 Å². The topological polar surface area (TPSA) is 84.0 Å². The highest BCUT2D eigenvalue weighted by molar-refractivity contribution is 5.98. The van der Waals surface area contributed by atoms with Gasteiger partial charge in [-0.15, -0.1) is 0 Å². The molecule has 0 bridgehead atoms. The quantitative estimate of drug-likeness (QED) is 0.387. The van der Waals surface area contributed by atoms with Crippen LogP contribution in [0.15, 0.2) is 48.7 Å². The molecular weight excluding hydrogens is 516 g/mol. The molecule has 3 aromatic rings. The highest BCUT2D eigenvalue weighted by Gasteiger charge is 2.47. The lowest BCUT2D eigenvalue weighted by Gasteiger charge is -2.41. The Morgan fingerprint density at radius 2 is 1.85 bits per heavy atom. The average molecular weight is 557 g/mol. The Labute approximate surface area is 242 Å². The minimum atomic E-state index is -0.533. The minimum Gasteiger partial charge on any atom is -0.491 e. The summed E-state index contributed by atoms with van der Waals surface area (Å²) in [6, 6.07) is 14.1. The van der Waals surface area contributed by atoms with E-state index in [4.69, 9.17) is 9.47 Å². The number of likely N-dealkylation sites (tertiary alicyclic amines) is 1. The van der Waals surface area contributed by atoms with Gasteiger partial charge in [-0.2, -0.15) is 0 Å². The molecule has 1 atom stereocenters. The first kappa shape index (κ1) is 27.4. The van der Waals surface area contributed by atoms with Gasteiger partial charge in [0.15, 0.2) is 0 Å². The van der Waals surface area contributed by atoms with Crippen LogP contribution in [0.2, 0.25) is 0 Å². The summed E-state index contributed by atoms with van der Waals surface area (Å²) in [5, 5.41) is 4.49. The van der Waals surface area contributed by atoms with Crippen molar-refractivity contribution in [2.75, 3.05) is 31.1 Å². The first-order chi connectivity index (χ1) is 19.6. The summed E-state index contributed by atoms with van der Waals surface area (Å²) in [5.74, 6) is 0.514. The van der Waals surface area contributed by atoms with Gasteiger partial charge in [-0.3, -0.25) is 9.78 Å². The van der Waals surface area contributed by atoms with Gasteiger partial charge >= 0.3 is 6.09 Å². The van der Waals surface area contributed by atoms with Crippen LogP contribution in [0.5, 0.6) is 5.75 Å². The molecule has 8 nitrogen and oxygen atoms in total. The molecule has 8 heteroatoms. The highest BCUT2D eigenvalue weighted by atomic mass is 16.6. The van der Waals surface area contributed by atoms with E-state index in [0.717, 1.165) is 54.4 Å². The van der Waals surface area contributed by atoms with Crippen molar-refractivity contribution < 1.29 is 19.1 Å². The summed E-state index contributed by atoms with van der Waals surface area (Å²) in [7, 11) is 0. The lowest BCUT2D eigenvalue weighted by molar-refractivity contribution is -0.0141. The Morgan fingerprint density at radius 3 is 2.54 bits per heavy atom. The van der Waals surface area contributed by atoms with E-state index in [1.54, 1.807) is 4.90 Å². The van der Waals surface area contributed by atoms with E-state index in [0.29, 0.717) is 24.5 Å². The summed E-state index contributed by atoms with van der Waals surface area (Å²) < 4.78 is 11.6. The minimum absolute atomic E-state index is 0.0389. The van der Waals surface area contributed by atoms with Crippen molar-refractivity contribution in [3.8, 4) is 5.75 Å². The summed E-state index contributed by atoms with van der Waals surface area (Å²) >= 11 is 0. The third kappa shape index (κ3) is 5.69. The number of anilines is 1. The van der Waals surface area contributed by atoms with Crippen LogP contribution in [0.25, 0.3) is 10.9 Å². The largest absolute Gasteiger partial charge is 0.491 e. The fourth-order valence-electron chi connectivity index (χ4n) is 5.90. The number of ether oxygens (including phenoxy) is 2. The molecule has 1 N–H and O–H groups in total. The van der Waals surface area contributed by atoms with E-state index in [1.165, 1.54) is 18.5 Å². The number of aromatic nitrogens is 1. The summed E-state index contributed by atoms with van der Waals surface area (Å²) in [6.45, 7) is 10.7. The van der Waals surface area contributed by atoms with Gasteiger partial charge < -0.3 is 24.6 Å². The monoisotopic (exact) mass is 556 g/mol. The molecule has 2 aliphatic heterocycles. The predicted molar refractivity (Wildman–Crippen MR) is 160 cm³/mol. The number of rotatable bonds is 7. The van der Waals surface area contributed by atoms with Crippen LogP contribution in [-0.2, 0) is 10.3 Å². The van der Waals surface area contributed by atoms with Crippen LogP contribution >= 0.6 is 0 Å². The zero-order valence-corrected chi connectivity index (χ0v) is 24.5. The normalized spacial score (nSPS) is 19.6. The van der Waals surface area contributed by atoms with Crippen molar-refractivity contribution in [1.29, 1.82) is 0 Å². The van der Waals surface area contributed by atoms with Crippen LogP contribution in [0.4, 0.5) is 10.5 Å². The Kier molecular flexibility index (Phi) is 7.04. The van der Waals surface area contributed by atoms with Gasteiger partial charge in [0.25, 0.3) is 5.91 Å². The fraction of sp³-hybridized carbons (Fsp3) is 0.485. The Bertz CT molecular complexity index is 1470. The predicted octanol–water partition coefficient (Wildman–Crippen LogP) is 5.95. The molecule has 2 saturated heterocycles. The van der Waals surface area contributed by atoms with E-state index in [1.807, 2.05) is 58.2 Å². The molecule has 2 amide bonds. The van der Waals surface area contributed by atoms with Gasteiger partial charge in [0.2, 0.25) is 0 Å². The van der Waals surface area contributed by atoms with Crippen molar-refractivity contribution in [2.45, 2.75) is 77.0 Å². The summed E-state index contributed by atoms with van der Waals surface area (Å²) in [5.41, 5.74) is 3.86. The maximum Gasteiger partial charge on any atom is 0.410 e. The van der Waals surface area contributed by atoms with Gasteiger partial charge in [-0.05, 0) is 101 Å². The number of fused-ring (bicyclic) bond motifs is 1. The molecule has 2 aromatic carbocycles. The van der Waals surface area contributed by atoms with Gasteiger partial charge in [0.05, 0.1) is 17.1 Å². The summed E-state index contributed by atoms with van der Waals surface area (Å²) in [4.78, 5) is 35.0. The SMILES string of the molecule is Cc1ccc(OC[C@@H]2CCN2C(=O)OC(C)(C)C)cc1C(=O)NC1(c2cc(N3CCCC3)cc3ncccc23)CC1. The molecule has 41 heavy (non-hydrogen) atoms. The fourth-order valence-corrected chi connectivity index (χ4v) is 5.90. The van der Waals surface area contributed by atoms with Crippen molar-refractivity contribution in [3.05, 3.63) is 65.4 Å². The Morgan fingerprint density at radius 1 is 1.07 bits per heavy atom. The zero-order chi connectivity index (χ0) is 28.8. The van der Waals surface area contributed by atoms with Crippen LogP contribution < -0.4 is 15.0 Å². The highest BCUT2D eigenvalue weighted by Crippen LogP contribution is 2.49. The van der Waals surface area contributed by atoms with Crippen LogP contribution in [0, 0.1) is 6.92 Å². The Balaban J connectivity index is 1.18. The number of amides is 2. The van der Waals surface area contributed by atoms with Crippen molar-refractivity contribution in [3.63, 3.8) is 0 Å². The third-order valence-electron chi connectivity index (χ3n) is 8.46. The average Bonchev–Trinajstić information content (AvgIpc) is 3.46. The van der Waals surface area contributed by atoms with Gasteiger partial charge in [-0.1, -0.05) is 12.1 Å². The van der Waals surface area contributed by atoms with E-state index in [-0.39, 0.29) is 18.0 Å². The molecule has 3 fully saturated rings. The number of benzene rings is 2. The zero-order valence-electron chi connectivity index (χ0n) is 24.5. The summed E-state index contributed by atoms with van der Waals surface area (Å²) in [6.07, 6.45) is 6.58. The van der Waals surface area contributed by atoms with E-state index < -0.39 is 11.1 Å². The smallest absolute Gasteiger partial charge is 0.410 e. The molecule has 1 aromatic heterocycles. The maximum atomic E-state index is 13.7. The Hall–Kier alpha value is -3.81. The first-order valence-corrected chi connectivity index (χ1v) is 14.8. The van der Waals surface area contributed by atoms with Crippen LogP contribution in [-0.4, -0.2) is 59.8 Å². The number of carbonyl (C=O) groups excluding carboxylic acids is 2. The van der Waals surface area contributed by atoms with Crippen LogP contribution in [0.3, 0.4) is 0 Å². The molecule has 3 heterocycles. The molecule has 0 spiro atoms. The van der Waals surface area contributed by atoms with Gasteiger partial charge in [0, 0.05) is 42.5 Å². The van der Waals surface area contributed by atoms with E-state index >= 15 is 0 Å². The van der Waals surface area contributed by atoms with Crippen molar-refractivity contribution >= 4 is 28.6 Å². The number of aryl methyl sites for hydroxylation is 1. The number of hydrogen-bond donors (Lipinski definition) is 1. The molecule has 6 rings (SSSR count). The molecule has 0 unspecified atom stereocenters. The van der Waals surface area contributed by atoms with Gasteiger partial charge in [0.1, 0.15) is 18.0 Å². The molecule has 216 valence electrons.